The third-order valence-corrected chi connectivity index (χ3v) is 5.42. The van der Waals surface area contributed by atoms with Gasteiger partial charge in [0, 0.05) is 50.2 Å². The van der Waals surface area contributed by atoms with Crippen molar-refractivity contribution < 1.29 is 13.9 Å². The number of ether oxygens (including phenoxy) is 2. The van der Waals surface area contributed by atoms with Crippen molar-refractivity contribution in [1.82, 2.24) is 14.9 Å². The average Bonchev–Trinajstić information content (AvgIpc) is 2.68. The number of aromatic nitrogens is 2. The molecule has 2 saturated heterocycles. The molecule has 5 nitrogen and oxygen atoms in total. The SMILES string of the molecule is Fc1cccnc1OC[C@]12CCCO[C@@H]1CCN(Cc1cccnc1)C2. The lowest BCUT2D eigenvalue weighted by Gasteiger charge is -2.50. The number of hydrogen-bond acceptors (Lipinski definition) is 5. The number of fused-ring (bicyclic) bond motifs is 1. The van der Waals surface area contributed by atoms with Gasteiger partial charge in [0.2, 0.25) is 5.88 Å². The predicted molar refractivity (Wildman–Crippen MR) is 95.2 cm³/mol. The maximum Gasteiger partial charge on any atom is 0.250 e. The van der Waals surface area contributed by atoms with Crippen LogP contribution in [0.1, 0.15) is 24.8 Å². The lowest BCUT2D eigenvalue weighted by molar-refractivity contribution is -0.141. The maximum atomic E-state index is 13.9. The van der Waals surface area contributed by atoms with Crippen LogP contribution >= 0.6 is 0 Å². The highest BCUT2D eigenvalue weighted by molar-refractivity contribution is 5.14. The first kappa shape index (κ1) is 17.4. The van der Waals surface area contributed by atoms with Crippen LogP contribution in [-0.4, -0.2) is 47.3 Å². The van der Waals surface area contributed by atoms with Crippen LogP contribution in [0.3, 0.4) is 0 Å². The molecule has 0 aromatic carbocycles. The molecular formula is C20H24FN3O2. The Labute approximate surface area is 153 Å². The number of rotatable bonds is 5. The molecule has 0 bridgehead atoms. The number of piperidine rings is 1. The smallest absolute Gasteiger partial charge is 0.250 e. The molecule has 0 unspecified atom stereocenters. The van der Waals surface area contributed by atoms with E-state index in [4.69, 9.17) is 9.47 Å². The largest absolute Gasteiger partial charge is 0.475 e. The molecule has 2 aromatic rings. The first-order valence-corrected chi connectivity index (χ1v) is 9.21. The zero-order valence-corrected chi connectivity index (χ0v) is 14.8. The standard InChI is InChI=1S/C20H24FN3O2/c21-17-5-2-9-23-19(17)26-15-20-7-3-11-25-18(20)6-10-24(14-20)13-16-4-1-8-22-12-16/h1-2,4-5,8-9,12,18H,3,6-7,10-11,13-15H2/t18-,20-/m1/s1. The van der Waals surface area contributed by atoms with Crippen LogP contribution in [0, 0.1) is 11.2 Å². The van der Waals surface area contributed by atoms with E-state index in [1.165, 1.54) is 11.6 Å². The van der Waals surface area contributed by atoms with Gasteiger partial charge in [0.05, 0.1) is 12.7 Å². The Balaban J connectivity index is 1.48. The van der Waals surface area contributed by atoms with Gasteiger partial charge >= 0.3 is 0 Å². The molecule has 2 aliphatic rings. The van der Waals surface area contributed by atoms with Gasteiger partial charge in [0.15, 0.2) is 5.82 Å². The van der Waals surface area contributed by atoms with Gasteiger partial charge in [-0.3, -0.25) is 9.88 Å². The van der Waals surface area contributed by atoms with Gasteiger partial charge < -0.3 is 9.47 Å². The van der Waals surface area contributed by atoms with E-state index in [2.05, 4.69) is 20.9 Å². The van der Waals surface area contributed by atoms with Gasteiger partial charge in [0.1, 0.15) is 0 Å². The first-order chi connectivity index (χ1) is 12.8. The second-order valence-corrected chi connectivity index (χ2v) is 7.27. The van der Waals surface area contributed by atoms with Crippen molar-refractivity contribution >= 4 is 0 Å². The summed E-state index contributed by atoms with van der Waals surface area (Å²) in [5, 5.41) is 0. The van der Waals surface area contributed by atoms with Crippen LogP contribution in [0.4, 0.5) is 4.39 Å². The number of halogens is 1. The average molecular weight is 357 g/mol. The minimum absolute atomic E-state index is 0.0792. The third kappa shape index (κ3) is 3.71. The van der Waals surface area contributed by atoms with Crippen molar-refractivity contribution in [2.24, 2.45) is 5.41 Å². The fourth-order valence-corrected chi connectivity index (χ4v) is 4.17. The Hall–Kier alpha value is -2.05. The quantitative estimate of drug-likeness (QED) is 0.823. The molecule has 4 heterocycles. The van der Waals surface area contributed by atoms with Crippen LogP contribution in [0.2, 0.25) is 0 Å². The van der Waals surface area contributed by atoms with Crippen LogP contribution in [0.5, 0.6) is 5.88 Å². The van der Waals surface area contributed by atoms with E-state index in [9.17, 15) is 4.39 Å². The van der Waals surface area contributed by atoms with Crippen molar-refractivity contribution in [2.45, 2.75) is 31.9 Å². The second kappa shape index (κ2) is 7.68. The Morgan fingerprint density at radius 2 is 2.23 bits per heavy atom. The number of pyridine rings is 2. The predicted octanol–water partition coefficient (Wildman–Crippen LogP) is 3.07. The van der Waals surface area contributed by atoms with Crippen LogP contribution in [-0.2, 0) is 11.3 Å². The van der Waals surface area contributed by atoms with E-state index in [1.807, 2.05) is 12.3 Å². The van der Waals surface area contributed by atoms with Gasteiger partial charge in [-0.2, -0.15) is 0 Å². The summed E-state index contributed by atoms with van der Waals surface area (Å²) in [6.07, 6.45) is 8.42. The van der Waals surface area contributed by atoms with Crippen molar-refractivity contribution in [2.75, 3.05) is 26.3 Å². The zero-order chi connectivity index (χ0) is 17.8. The molecule has 4 rings (SSSR count). The van der Waals surface area contributed by atoms with Crippen LogP contribution in [0.15, 0.2) is 42.9 Å². The summed E-state index contributed by atoms with van der Waals surface area (Å²) in [5.41, 5.74) is 1.08. The molecule has 0 amide bonds. The van der Waals surface area contributed by atoms with Crippen LogP contribution in [0.25, 0.3) is 0 Å². The monoisotopic (exact) mass is 357 g/mol. The number of likely N-dealkylation sites (tertiary alicyclic amines) is 1. The molecular weight excluding hydrogens is 333 g/mol. The molecule has 0 N–H and O–H groups in total. The summed E-state index contributed by atoms with van der Waals surface area (Å²) in [4.78, 5) is 10.7. The Morgan fingerprint density at radius 1 is 1.31 bits per heavy atom. The van der Waals surface area contributed by atoms with Crippen LogP contribution < -0.4 is 4.74 Å². The first-order valence-electron chi connectivity index (χ1n) is 9.21. The second-order valence-electron chi connectivity index (χ2n) is 7.27. The number of hydrogen-bond donors (Lipinski definition) is 0. The fourth-order valence-electron chi connectivity index (χ4n) is 4.17. The molecule has 26 heavy (non-hydrogen) atoms. The molecule has 6 heteroatoms. The lowest BCUT2D eigenvalue weighted by atomic mass is 9.73. The van der Waals surface area contributed by atoms with Gasteiger partial charge in [-0.1, -0.05) is 6.07 Å². The Bertz CT molecular complexity index is 730. The molecule has 0 aliphatic carbocycles. The Kier molecular flexibility index (Phi) is 5.13. The summed E-state index contributed by atoms with van der Waals surface area (Å²) in [5.74, 6) is -0.337. The highest BCUT2D eigenvalue weighted by Gasteiger charge is 2.46. The number of nitrogens with zero attached hydrogens (tertiary/aromatic N) is 3. The van der Waals surface area contributed by atoms with Gasteiger partial charge in [-0.05, 0) is 43.0 Å². The van der Waals surface area contributed by atoms with Crippen molar-refractivity contribution in [3.05, 3.63) is 54.2 Å². The molecule has 0 spiro atoms. The normalized spacial score (nSPS) is 26.3. The topological polar surface area (TPSA) is 47.5 Å². The third-order valence-electron chi connectivity index (χ3n) is 5.42. The Morgan fingerprint density at radius 3 is 3.08 bits per heavy atom. The van der Waals surface area contributed by atoms with E-state index >= 15 is 0 Å². The van der Waals surface area contributed by atoms with Crippen molar-refractivity contribution in [3.8, 4) is 5.88 Å². The summed E-state index contributed by atoms with van der Waals surface area (Å²) < 4.78 is 25.8. The van der Waals surface area contributed by atoms with Crippen molar-refractivity contribution in [1.29, 1.82) is 0 Å². The molecule has 2 atom stereocenters. The lowest BCUT2D eigenvalue weighted by Crippen LogP contribution is -2.57. The summed E-state index contributed by atoms with van der Waals surface area (Å²) >= 11 is 0. The van der Waals surface area contributed by atoms with Crippen molar-refractivity contribution in [3.63, 3.8) is 0 Å². The summed E-state index contributed by atoms with van der Waals surface area (Å²) in [7, 11) is 0. The molecule has 0 saturated carbocycles. The minimum Gasteiger partial charge on any atom is -0.475 e. The molecule has 2 aliphatic heterocycles. The molecule has 138 valence electrons. The maximum absolute atomic E-state index is 13.9. The molecule has 2 aromatic heterocycles. The highest BCUT2D eigenvalue weighted by atomic mass is 19.1. The van der Waals surface area contributed by atoms with Gasteiger partial charge in [0.25, 0.3) is 0 Å². The minimum atomic E-state index is -0.416. The van der Waals surface area contributed by atoms with Gasteiger partial charge in [-0.25, -0.2) is 9.37 Å². The van der Waals surface area contributed by atoms with E-state index in [0.717, 1.165) is 45.5 Å². The van der Waals surface area contributed by atoms with E-state index < -0.39 is 5.82 Å². The fraction of sp³-hybridized carbons (Fsp3) is 0.500. The van der Waals surface area contributed by atoms with E-state index in [0.29, 0.717) is 6.61 Å². The summed E-state index contributed by atoms with van der Waals surface area (Å²) in [6, 6.07) is 7.02. The zero-order valence-electron chi connectivity index (χ0n) is 14.8. The highest BCUT2D eigenvalue weighted by Crippen LogP contribution is 2.41. The van der Waals surface area contributed by atoms with E-state index in [1.54, 1.807) is 18.5 Å². The van der Waals surface area contributed by atoms with E-state index in [-0.39, 0.29) is 17.4 Å². The molecule has 0 radical (unpaired) electrons. The molecule has 2 fully saturated rings. The summed E-state index contributed by atoms with van der Waals surface area (Å²) in [6.45, 7) is 3.95. The van der Waals surface area contributed by atoms with Gasteiger partial charge in [-0.15, -0.1) is 0 Å².